The Labute approximate surface area is 166 Å². The number of methoxy groups -OCH3 is 1. The lowest BCUT2D eigenvalue weighted by atomic mass is 10.1. The van der Waals surface area contributed by atoms with Crippen LogP contribution in [-0.4, -0.2) is 61.4 Å². The number of nitrogens with one attached hydrogen (secondary N) is 1. The van der Waals surface area contributed by atoms with Crippen LogP contribution in [0.5, 0.6) is 5.75 Å². The second-order valence-electron chi connectivity index (χ2n) is 7.00. The van der Waals surface area contributed by atoms with Crippen LogP contribution < -0.4 is 10.1 Å². The third-order valence-electron chi connectivity index (χ3n) is 5.03. The molecule has 0 atom stereocenters. The van der Waals surface area contributed by atoms with Crippen molar-refractivity contribution in [3.8, 4) is 5.75 Å². The van der Waals surface area contributed by atoms with Crippen LogP contribution >= 0.6 is 0 Å². The summed E-state index contributed by atoms with van der Waals surface area (Å²) in [5.41, 5.74) is 2.50. The van der Waals surface area contributed by atoms with E-state index in [1.54, 1.807) is 31.4 Å². The van der Waals surface area contributed by atoms with Crippen LogP contribution in [0.1, 0.15) is 22.8 Å². The summed E-state index contributed by atoms with van der Waals surface area (Å²) < 4.78 is 5.27. The average Bonchev–Trinajstić information content (AvgIpc) is 2.73. The van der Waals surface area contributed by atoms with Gasteiger partial charge in [-0.15, -0.1) is 0 Å². The van der Waals surface area contributed by atoms with E-state index in [4.69, 9.17) is 4.74 Å². The Hall–Kier alpha value is -2.86. The van der Waals surface area contributed by atoms with Crippen molar-refractivity contribution in [3.63, 3.8) is 0 Å². The molecule has 0 aromatic heterocycles. The zero-order valence-electron chi connectivity index (χ0n) is 16.5. The minimum Gasteiger partial charge on any atom is -0.497 e. The molecule has 3 rings (SSSR count). The first-order chi connectivity index (χ1) is 13.5. The molecule has 6 nitrogen and oxygen atoms in total. The standard InChI is InChI=1S/C22H27N3O3/c1-17(26)19-6-4-7-20(16-19)23-22(27)25-13-11-24(12-14-25)10-9-18-5-3-8-21(15-18)28-2/h3-8,15-16H,9-14H2,1-2H3,(H,23,27). The molecule has 2 aromatic rings. The SMILES string of the molecule is COc1cccc(CCN2CCN(C(=O)Nc3cccc(C(C)=O)c3)CC2)c1. The Kier molecular flexibility index (Phi) is 6.66. The molecule has 1 N–H and O–H groups in total. The van der Waals surface area contributed by atoms with Crippen LogP contribution in [-0.2, 0) is 6.42 Å². The molecule has 0 radical (unpaired) electrons. The molecule has 1 fully saturated rings. The van der Waals surface area contributed by atoms with Crippen LogP contribution in [0.2, 0.25) is 0 Å². The second-order valence-corrected chi connectivity index (χ2v) is 7.00. The minimum atomic E-state index is -0.117. The number of Topliss-reactive ketones (excluding diaryl/α,β-unsaturated/α-hetero) is 1. The fourth-order valence-electron chi connectivity index (χ4n) is 3.31. The molecule has 2 aromatic carbocycles. The molecule has 148 valence electrons. The Bertz CT molecular complexity index is 829. The summed E-state index contributed by atoms with van der Waals surface area (Å²) in [6, 6.07) is 15.1. The number of ketones is 1. The number of amides is 2. The Morgan fingerprint density at radius 2 is 1.79 bits per heavy atom. The summed E-state index contributed by atoms with van der Waals surface area (Å²) in [7, 11) is 1.68. The van der Waals surface area contributed by atoms with E-state index < -0.39 is 0 Å². The van der Waals surface area contributed by atoms with Crippen molar-refractivity contribution < 1.29 is 14.3 Å². The molecule has 0 bridgehead atoms. The molecule has 1 heterocycles. The quantitative estimate of drug-likeness (QED) is 0.780. The molecule has 2 amide bonds. The van der Waals surface area contributed by atoms with Crippen molar-refractivity contribution in [1.29, 1.82) is 0 Å². The number of rotatable bonds is 6. The summed E-state index contributed by atoms with van der Waals surface area (Å²) in [6.07, 6.45) is 0.960. The highest BCUT2D eigenvalue weighted by Gasteiger charge is 2.21. The third-order valence-corrected chi connectivity index (χ3v) is 5.03. The van der Waals surface area contributed by atoms with E-state index in [2.05, 4.69) is 22.3 Å². The number of nitrogens with zero attached hydrogens (tertiary/aromatic N) is 2. The lowest BCUT2D eigenvalue weighted by Gasteiger charge is -2.34. The van der Waals surface area contributed by atoms with Crippen molar-refractivity contribution >= 4 is 17.5 Å². The highest BCUT2D eigenvalue weighted by atomic mass is 16.5. The lowest BCUT2D eigenvalue weighted by Crippen LogP contribution is -2.50. The van der Waals surface area contributed by atoms with E-state index in [-0.39, 0.29) is 11.8 Å². The first-order valence-electron chi connectivity index (χ1n) is 9.57. The third kappa shape index (κ3) is 5.33. The van der Waals surface area contributed by atoms with E-state index in [9.17, 15) is 9.59 Å². The topological polar surface area (TPSA) is 61.9 Å². The molecular weight excluding hydrogens is 354 g/mol. The van der Waals surface area contributed by atoms with Gasteiger partial charge in [-0.05, 0) is 43.2 Å². The average molecular weight is 381 g/mol. The van der Waals surface area contributed by atoms with Crippen molar-refractivity contribution in [1.82, 2.24) is 9.80 Å². The summed E-state index contributed by atoms with van der Waals surface area (Å²) in [5.74, 6) is 0.869. The van der Waals surface area contributed by atoms with Gasteiger partial charge in [0.15, 0.2) is 5.78 Å². The summed E-state index contributed by atoms with van der Waals surface area (Å²) >= 11 is 0. The molecule has 0 spiro atoms. The number of anilines is 1. The van der Waals surface area contributed by atoms with Gasteiger partial charge in [-0.1, -0.05) is 24.3 Å². The molecule has 1 aliphatic heterocycles. The minimum absolute atomic E-state index is 0.0132. The normalized spacial score (nSPS) is 14.6. The van der Waals surface area contributed by atoms with Gasteiger partial charge in [-0.25, -0.2) is 4.79 Å². The first kappa shape index (κ1) is 19.9. The molecule has 28 heavy (non-hydrogen) atoms. The second kappa shape index (κ2) is 9.37. The predicted molar refractivity (Wildman–Crippen MR) is 110 cm³/mol. The largest absolute Gasteiger partial charge is 0.497 e. The number of ether oxygens (including phenoxy) is 1. The number of hydrogen-bond donors (Lipinski definition) is 1. The van der Waals surface area contributed by atoms with Crippen LogP contribution in [0, 0.1) is 0 Å². The van der Waals surface area contributed by atoms with E-state index in [0.29, 0.717) is 24.3 Å². The lowest BCUT2D eigenvalue weighted by molar-refractivity contribution is 0.101. The van der Waals surface area contributed by atoms with E-state index >= 15 is 0 Å². The fourth-order valence-corrected chi connectivity index (χ4v) is 3.31. The van der Waals surface area contributed by atoms with Crippen LogP contribution in [0.4, 0.5) is 10.5 Å². The number of benzene rings is 2. The maximum absolute atomic E-state index is 12.5. The van der Waals surface area contributed by atoms with Gasteiger partial charge in [0.25, 0.3) is 0 Å². The summed E-state index contributed by atoms with van der Waals surface area (Å²) in [6.45, 7) is 5.57. The van der Waals surface area contributed by atoms with Gasteiger partial charge in [0.05, 0.1) is 7.11 Å². The maximum Gasteiger partial charge on any atom is 0.321 e. The smallest absolute Gasteiger partial charge is 0.321 e. The van der Waals surface area contributed by atoms with Gasteiger partial charge in [-0.3, -0.25) is 9.69 Å². The number of hydrogen-bond acceptors (Lipinski definition) is 4. The van der Waals surface area contributed by atoms with Gasteiger partial charge >= 0.3 is 6.03 Å². The van der Waals surface area contributed by atoms with Crippen LogP contribution in [0.25, 0.3) is 0 Å². The van der Waals surface area contributed by atoms with Crippen molar-refractivity contribution in [2.24, 2.45) is 0 Å². The first-order valence-corrected chi connectivity index (χ1v) is 9.57. The predicted octanol–water partition coefficient (Wildman–Crippen LogP) is 3.29. The Morgan fingerprint density at radius 1 is 1.04 bits per heavy atom. The monoisotopic (exact) mass is 381 g/mol. The van der Waals surface area contributed by atoms with E-state index in [0.717, 1.165) is 31.8 Å². The summed E-state index contributed by atoms with van der Waals surface area (Å²) in [5, 5.41) is 2.89. The van der Waals surface area contributed by atoms with Gasteiger partial charge in [-0.2, -0.15) is 0 Å². The van der Waals surface area contributed by atoms with E-state index in [1.807, 2.05) is 17.0 Å². The van der Waals surface area contributed by atoms with Crippen molar-refractivity contribution in [2.45, 2.75) is 13.3 Å². The highest BCUT2D eigenvalue weighted by Crippen LogP contribution is 2.15. The Balaban J connectivity index is 1.46. The summed E-state index contributed by atoms with van der Waals surface area (Å²) in [4.78, 5) is 28.2. The highest BCUT2D eigenvalue weighted by molar-refractivity contribution is 5.96. The van der Waals surface area contributed by atoms with Crippen LogP contribution in [0.15, 0.2) is 48.5 Å². The molecule has 0 aliphatic carbocycles. The number of carbonyl (C=O) groups is 2. The van der Waals surface area contributed by atoms with Crippen LogP contribution in [0.3, 0.4) is 0 Å². The molecule has 0 unspecified atom stereocenters. The zero-order valence-corrected chi connectivity index (χ0v) is 16.5. The fraction of sp³-hybridized carbons (Fsp3) is 0.364. The number of piperazine rings is 1. The van der Waals surface area contributed by atoms with Crippen molar-refractivity contribution in [3.05, 3.63) is 59.7 Å². The molecular formula is C22H27N3O3. The number of urea groups is 1. The number of carbonyl (C=O) groups excluding carboxylic acids is 2. The van der Waals surface area contributed by atoms with Gasteiger partial charge in [0.2, 0.25) is 0 Å². The zero-order chi connectivity index (χ0) is 19.9. The van der Waals surface area contributed by atoms with Gasteiger partial charge in [0.1, 0.15) is 5.75 Å². The molecule has 1 aliphatic rings. The Morgan fingerprint density at radius 3 is 2.50 bits per heavy atom. The molecule has 0 saturated carbocycles. The maximum atomic E-state index is 12.5. The van der Waals surface area contributed by atoms with Crippen molar-refractivity contribution in [2.75, 3.05) is 45.2 Å². The molecule has 1 saturated heterocycles. The van der Waals surface area contributed by atoms with E-state index in [1.165, 1.54) is 12.5 Å². The van der Waals surface area contributed by atoms with Gasteiger partial charge in [0, 0.05) is 44.0 Å². The van der Waals surface area contributed by atoms with Gasteiger partial charge < -0.3 is 15.0 Å². The molecule has 6 heteroatoms.